The van der Waals surface area contributed by atoms with Crippen molar-refractivity contribution in [1.29, 1.82) is 5.26 Å². The molecule has 1 aromatic rings. The topological polar surface area (TPSA) is 49.8 Å². The predicted octanol–water partition coefficient (Wildman–Crippen LogP) is 2.94. The zero-order chi connectivity index (χ0) is 10.9. The molecule has 1 aliphatic carbocycles. The normalized spacial score (nSPS) is 30.1. The van der Waals surface area contributed by atoms with E-state index in [1.54, 1.807) is 0 Å². The van der Waals surface area contributed by atoms with Crippen LogP contribution in [0, 0.1) is 11.3 Å². The number of nitrogens with zero attached hydrogens (tertiary/aromatic N) is 1. The van der Waals surface area contributed by atoms with Crippen LogP contribution in [-0.2, 0) is 0 Å². The van der Waals surface area contributed by atoms with Gasteiger partial charge in [0.05, 0.1) is 6.07 Å². The van der Waals surface area contributed by atoms with Gasteiger partial charge in [-0.2, -0.15) is 5.26 Å². The van der Waals surface area contributed by atoms with Crippen LogP contribution in [0.4, 0.5) is 0 Å². The summed E-state index contributed by atoms with van der Waals surface area (Å²) in [6.45, 7) is 0. The fraction of sp³-hybridized carbons (Fsp3) is 0.417. The summed E-state index contributed by atoms with van der Waals surface area (Å²) in [7, 11) is 0. The lowest BCUT2D eigenvalue weighted by atomic mass is 9.94. The third-order valence-electron chi connectivity index (χ3n) is 3.11. The maximum absolute atomic E-state index is 8.95. The standard InChI is InChI=1S/C12H13BrN2/c13-11-3-1-9(2-4-11)10-5-6-12(15,7-10)8-14/h1-4,10H,5-7,15H2. The van der Waals surface area contributed by atoms with Gasteiger partial charge in [0.2, 0.25) is 0 Å². The summed E-state index contributed by atoms with van der Waals surface area (Å²) in [6.07, 6.45) is 2.61. The number of benzene rings is 1. The van der Waals surface area contributed by atoms with Gasteiger partial charge in [0.15, 0.2) is 0 Å². The highest BCUT2D eigenvalue weighted by molar-refractivity contribution is 9.10. The molecule has 2 unspecified atom stereocenters. The predicted molar refractivity (Wildman–Crippen MR) is 63.3 cm³/mol. The highest BCUT2D eigenvalue weighted by Crippen LogP contribution is 2.39. The van der Waals surface area contributed by atoms with Gasteiger partial charge in [0, 0.05) is 4.47 Å². The third-order valence-corrected chi connectivity index (χ3v) is 3.64. The Balaban J connectivity index is 2.15. The van der Waals surface area contributed by atoms with Gasteiger partial charge in [-0.25, -0.2) is 0 Å². The van der Waals surface area contributed by atoms with Gasteiger partial charge in [-0.05, 0) is 42.9 Å². The summed E-state index contributed by atoms with van der Waals surface area (Å²) < 4.78 is 1.09. The molecular formula is C12H13BrN2. The van der Waals surface area contributed by atoms with Crippen molar-refractivity contribution in [2.45, 2.75) is 30.7 Å². The van der Waals surface area contributed by atoms with E-state index in [0.29, 0.717) is 5.92 Å². The fourth-order valence-electron chi connectivity index (χ4n) is 2.20. The second-order valence-electron chi connectivity index (χ2n) is 4.26. The first kappa shape index (κ1) is 10.7. The van der Waals surface area contributed by atoms with Crippen LogP contribution in [0.15, 0.2) is 28.7 Å². The molecule has 1 aromatic carbocycles. The lowest BCUT2D eigenvalue weighted by Gasteiger charge is -2.14. The monoisotopic (exact) mass is 264 g/mol. The summed E-state index contributed by atoms with van der Waals surface area (Å²) >= 11 is 3.41. The molecule has 2 nitrogen and oxygen atoms in total. The van der Waals surface area contributed by atoms with Gasteiger partial charge in [-0.15, -0.1) is 0 Å². The smallest absolute Gasteiger partial charge is 0.104 e. The molecule has 0 bridgehead atoms. The molecule has 0 spiro atoms. The number of hydrogen-bond acceptors (Lipinski definition) is 2. The molecule has 0 saturated heterocycles. The Kier molecular flexibility index (Phi) is 2.81. The van der Waals surface area contributed by atoms with Crippen LogP contribution >= 0.6 is 15.9 Å². The highest BCUT2D eigenvalue weighted by atomic mass is 79.9. The van der Waals surface area contributed by atoms with Crippen LogP contribution in [0.5, 0.6) is 0 Å². The Morgan fingerprint density at radius 1 is 1.40 bits per heavy atom. The lowest BCUT2D eigenvalue weighted by Crippen LogP contribution is -2.34. The number of halogens is 1. The molecule has 3 heteroatoms. The van der Waals surface area contributed by atoms with Crippen LogP contribution in [0.25, 0.3) is 0 Å². The zero-order valence-corrected chi connectivity index (χ0v) is 10.00. The van der Waals surface area contributed by atoms with E-state index in [2.05, 4.69) is 34.1 Å². The average Bonchev–Trinajstić information content (AvgIpc) is 2.63. The van der Waals surface area contributed by atoms with Crippen molar-refractivity contribution >= 4 is 15.9 Å². The maximum Gasteiger partial charge on any atom is 0.104 e. The van der Waals surface area contributed by atoms with E-state index in [1.165, 1.54) is 5.56 Å². The van der Waals surface area contributed by atoms with Crippen molar-refractivity contribution in [3.63, 3.8) is 0 Å². The van der Waals surface area contributed by atoms with Gasteiger partial charge in [-0.3, -0.25) is 0 Å². The molecule has 0 aromatic heterocycles. The van der Waals surface area contributed by atoms with E-state index >= 15 is 0 Å². The molecule has 78 valence electrons. The van der Waals surface area contributed by atoms with E-state index in [1.807, 2.05) is 12.1 Å². The Morgan fingerprint density at radius 2 is 2.07 bits per heavy atom. The molecule has 1 fully saturated rings. The minimum Gasteiger partial charge on any atom is -0.313 e. The zero-order valence-electron chi connectivity index (χ0n) is 8.41. The van der Waals surface area contributed by atoms with Gasteiger partial charge >= 0.3 is 0 Å². The second-order valence-corrected chi connectivity index (χ2v) is 5.17. The highest BCUT2D eigenvalue weighted by Gasteiger charge is 2.36. The molecule has 1 saturated carbocycles. The molecule has 15 heavy (non-hydrogen) atoms. The van der Waals surface area contributed by atoms with E-state index in [4.69, 9.17) is 11.0 Å². The van der Waals surface area contributed by atoms with E-state index < -0.39 is 5.54 Å². The number of nitriles is 1. The molecule has 0 amide bonds. The lowest BCUT2D eigenvalue weighted by molar-refractivity contribution is 0.553. The first-order chi connectivity index (χ1) is 7.13. The molecule has 1 aliphatic rings. The Hall–Kier alpha value is -0.850. The summed E-state index contributed by atoms with van der Waals surface area (Å²) in [5.74, 6) is 0.447. The number of rotatable bonds is 1. The van der Waals surface area contributed by atoms with E-state index in [9.17, 15) is 0 Å². The van der Waals surface area contributed by atoms with Crippen molar-refractivity contribution in [3.05, 3.63) is 34.3 Å². The van der Waals surface area contributed by atoms with Crippen molar-refractivity contribution in [1.82, 2.24) is 0 Å². The second kappa shape index (κ2) is 3.96. The SMILES string of the molecule is N#CC1(N)CCC(c2ccc(Br)cc2)C1. The van der Waals surface area contributed by atoms with E-state index in [0.717, 1.165) is 23.7 Å². The van der Waals surface area contributed by atoms with E-state index in [-0.39, 0.29) is 0 Å². The fourth-order valence-corrected chi connectivity index (χ4v) is 2.46. The number of nitrogens with two attached hydrogens (primary N) is 1. The summed E-state index contributed by atoms with van der Waals surface area (Å²) in [4.78, 5) is 0. The van der Waals surface area contributed by atoms with Gasteiger partial charge in [0.1, 0.15) is 5.54 Å². The Labute approximate surface area is 98.2 Å². The van der Waals surface area contributed by atoms with Gasteiger partial charge in [-0.1, -0.05) is 28.1 Å². The molecule has 2 N–H and O–H groups in total. The van der Waals surface area contributed by atoms with Crippen LogP contribution in [-0.4, -0.2) is 5.54 Å². The molecular weight excluding hydrogens is 252 g/mol. The van der Waals surface area contributed by atoms with Crippen molar-refractivity contribution in [2.24, 2.45) is 5.73 Å². The minimum atomic E-state index is -0.599. The van der Waals surface area contributed by atoms with Crippen LogP contribution < -0.4 is 5.73 Å². The van der Waals surface area contributed by atoms with Gasteiger partial charge < -0.3 is 5.73 Å². The molecule has 2 atom stereocenters. The van der Waals surface area contributed by atoms with Crippen molar-refractivity contribution in [2.75, 3.05) is 0 Å². The molecule has 0 aliphatic heterocycles. The largest absolute Gasteiger partial charge is 0.313 e. The van der Waals surface area contributed by atoms with Crippen LogP contribution in [0.3, 0.4) is 0 Å². The summed E-state index contributed by atoms with van der Waals surface area (Å²) in [6, 6.07) is 10.5. The first-order valence-electron chi connectivity index (χ1n) is 5.08. The van der Waals surface area contributed by atoms with Crippen LogP contribution in [0.1, 0.15) is 30.7 Å². The van der Waals surface area contributed by atoms with Gasteiger partial charge in [0.25, 0.3) is 0 Å². The van der Waals surface area contributed by atoms with Crippen LogP contribution in [0.2, 0.25) is 0 Å². The Morgan fingerprint density at radius 3 is 2.60 bits per heavy atom. The summed E-state index contributed by atoms with van der Waals surface area (Å²) in [5, 5.41) is 8.95. The maximum atomic E-state index is 8.95. The quantitative estimate of drug-likeness (QED) is 0.848. The molecule has 0 heterocycles. The first-order valence-corrected chi connectivity index (χ1v) is 5.88. The van der Waals surface area contributed by atoms with Crippen molar-refractivity contribution in [3.8, 4) is 6.07 Å². The molecule has 0 radical (unpaired) electrons. The molecule has 2 rings (SSSR count). The summed E-state index contributed by atoms with van der Waals surface area (Å²) in [5.41, 5.74) is 6.64. The number of hydrogen-bond donors (Lipinski definition) is 1. The van der Waals surface area contributed by atoms with Crippen molar-refractivity contribution < 1.29 is 0 Å². The minimum absolute atomic E-state index is 0.447. The average molecular weight is 265 g/mol. The third kappa shape index (κ3) is 2.22. The Bertz CT molecular complexity index is 393.